The van der Waals surface area contributed by atoms with Crippen LogP contribution in [0.4, 0.5) is 5.69 Å². The molecule has 0 aliphatic rings. The second kappa shape index (κ2) is 11.3. The van der Waals surface area contributed by atoms with Crippen LogP contribution in [-0.4, -0.2) is 0 Å². The highest BCUT2D eigenvalue weighted by molar-refractivity contribution is 7.72. The predicted octanol–water partition coefficient (Wildman–Crippen LogP) is 9.64. The van der Waals surface area contributed by atoms with Gasteiger partial charge in [-0.15, -0.1) is 0 Å². The maximum absolute atomic E-state index is 14.1. The van der Waals surface area contributed by atoms with Gasteiger partial charge in [0.1, 0.15) is 11.5 Å². The smallest absolute Gasteiger partial charge is 0.216 e. The van der Waals surface area contributed by atoms with Crippen molar-refractivity contribution in [3.8, 4) is 11.5 Å². The van der Waals surface area contributed by atoms with Gasteiger partial charge in [0.25, 0.3) is 0 Å². The van der Waals surface area contributed by atoms with E-state index in [9.17, 15) is 4.57 Å². The first-order valence-corrected chi connectivity index (χ1v) is 13.2. The van der Waals surface area contributed by atoms with E-state index in [1.807, 2.05) is 103 Å². The third kappa shape index (κ3) is 6.65. The molecular weight excluding hydrogens is 484 g/mol. The van der Waals surface area contributed by atoms with Crippen molar-refractivity contribution in [1.29, 1.82) is 0 Å². The molecule has 0 radical (unpaired) electrons. The number of halogens is 2. The number of hydrogen-bond acceptors (Lipinski definition) is 2. The summed E-state index contributed by atoms with van der Waals surface area (Å²) < 4.78 is 19.9. The number of rotatable bonds is 8. The van der Waals surface area contributed by atoms with Gasteiger partial charge in [0, 0.05) is 17.3 Å². The zero-order valence-corrected chi connectivity index (χ0v) is 20.6. The molecule has 170 valence electrons. The van der Waals surface area contributed by atoms with Crippen LogP contribution in [0.5, 0.6) is 11.5 Å². The fourth-order valence-electron chi connectivity index (χ4n) is 3.21. The zero-order valence-electron chi connectivity index (χ0n) is 18.1. The molecule has 34 heavy (non-hydrogen) atoms. The quantitative estimate of drug-likeness (QED) is 0.242. The molecule has 0 fully saturated rings. The van der Waals surface area contributed by atoms with Crippen LogP contribution in [0.1, 0.15) is 11.1 Å². The largest absolute Gasteiger partial charge is 0.457 e. The van der Waals surface area contributed by atoms with Crippen molar-refractivity contribution in [2.75, 3.05) is 5.09 Å². The minimum Gasteiger partial charge on any atom is -0.457 e. The van der Waals surface area contributed by atoms with E-state index in [2.05, 4.69) is 5.09 Å². The lowest BCUT2D eigenvalue weighted by atomic mass is 10.2. The molecule has 0 saturated carbocycles. The van der Waals surface area contributed by atoms with Crippen LogP contribution in [0, 0.1) is 0 Å². The summed E-state index contributed by atoms with van der Waals surface area (Å²) in [5.41, 5.74) is 2.18. The fourth-order valence-corrected chi connectivity index (χ4v) is 6.06. The molecule has 0 aliphatic heterocycles. The third-order valence-corrected chi connectivity index (χ3v) is 7.70. The number of ether oxygens (including phenoxy) is 1. The zero-order chi connectivity index (χ0) is 23.8. The van der Waals surface area contributed by atoms with Gasteiger partial charge in [0.05, 0.1) is 10.1 Å². The monoisotopic (exact) mass is 505 g/mol. The van der Waals surface area contributed by atoms with Crippen LogP contribution < -0.4 is 9.82 Å². The predicted molar refractivity (Wildman–Crippen MR) is 145 cm³/mol. The Morgan fingerprint density at radius 1 is 0.618 bits per heavy atom. The van der Waals surface area contributed by atoms with E-state index in [-0.39, 0.29) is 0 Å². The molecule has 0 amide bonds. The molecule has 0 heterocycles. The van der Waals surface area contributed by atoms with Gasteiger partial charge < -0.3 is 9.82 Å². The van der Waals surface area contributed by atoms with Crippen molar-refractivity contribution in [2.45, 2.75) is 0 Å². The Hall–Kier alpha value is -3.23. The number of para-hydroxylation sites is 1. The fraction of sp³-hybridized carbons (Fsp3) is 0. The van der Waals surface area contributed by atoms with Crippen molar-refractivity contribution in [3.63, 3.8) is 0 Å². The molecule has 0 aromatic heterocycles. The molecule has 4 aromatic rings. The van der Waals surface area contributed by atoms with E-state index < -0.39 is 7.29 Å². The second-order valence-electron chi connectivity index (χ2n) is 7.45. The topological polar surface area (TPSA) is 38.3 Å². The average molecular weight is 506 g/mol. The highest BCUT2D eigenvalue weighted by atomic mass is 35.5. The van der Waals surface area contributed by atoms with E-state index in [1.54, 1.807) is 12.1 Å². The Morgan fingerprint density at radius 3 is 1.50 bits per heavy atom. The van der Waals surface area contributed by atoms with Crippen molar-refractivity contribution < 1.29 is 9.30 Å². The van der Waals surface area contributed by atoms with Crippen LogP contribution >= 0.6 is 30.5 Å². The molecule has 4 rings (SSSR count). The summed E-state index contributed by atoms with van der Waals surface area (Å²) in [6, 6.07) is 35.5. The lowest BCUT2D eigenvalue weighted by Gasteiger charge is -2.16. The van der Waals surface area contributed by atoms with Gasteiger partial charge in [-0.3, -0.25) is 4.57 Å². The van der Waals surface area contributed by atoms with E-state index >= 15 is 0 Å². The molecule has 0 bridgehead atoms. The van der Waals surface area contributed by atoms with Gasteiger partial charge in [0.15, 0.2) is 0 Å². The van der Waals surface area contributed by atoms with E-state index in [0.29, 0.717) is 21.5 Å². The normalized spacial score (nSPS) is 13.7. The Labute approximate surface area is 209 Å². The Bertz CT molecular complexity index is 1260. The maximum atomic E-state index is 14.1. The number of hydrogen-bond donors (Lipinski definition) is 1. The summed E-state index contributed by atoms with van der Waals surface area (Å²) >= 11 is 13.1. The lowest BCUT2D eigenvalue weighted by molar-refractivity contribution is 0.483. The van der Waals surface area contributed by atoms with Crippen LogP contribution in [0.2, 0.25) is 0 Å². The second-order valence-corrected chi connectivity index (χ2v) is 10.4. The first-order chi connectivity index (χ1) is 16.5. The highest BCUT2D eigenvalue weighted by Gasteiger charge is 2.20. The van der Waals surface area contributed by atoms with Gasteiger partial charge in [-0.2, -0.15) is 0 Å². The van der Waals surface area contributed by atoms with Crippen LogP contribution in [0.25, 0.3) is 10.1 Å². The average Bonchev–Trinajstić information content (AvgIpc) is 2.87. The maximum Gasteiger partial charge on any atom is 0.216 e. The summed E-state index contributed by atoms with van der Waals surface area (Å²) in [7, 11) is -3.34. The third-order valence-electron chi connectivity index (χ3n) is 4.85. The first kappa shape index (κ1) is 23.9. The van der Waals surface area contributed by atoms with Gasteiger partial charge in [-0.1, -0.05) is 102 Å². The van der Waals surface area contributed by atoms with Crippen molar-refractivity contribution >= 4 is 46.2 Å². The molecule has 1 N–H and O–H groups in total. The molecule has 0 saturated heterocycles. The molecule has 0 aliphatic carbocycles. The molecule has 4 aromatic carbocycles. The van der Waals surface area contributed by atoms with Crippen LogP contribution in [0.3, 0.4) is 0 Å². The number of nitrogens with one attached hydrogen (secondary N) is 1. The number of benzene rings is 4. The summed E-state index contributed by atoms with van der Waals surface area (Å²) in [4.78, 5) is 0. The van der Waals surface area contributed by atoms with Crippen LogP contribution in [-0.2, 0) is 4.57 Å². The molecule has 3 nitrogen and oxygen atoms in total. The van der Waals surface area contributed by atoms with Gasteiger partial charge >= 0.3 is 0 Å². The molecule has 0 unspecified atom stereocenters. The highest BCUT2D eigenvalue weighted by Crippen LogP contribution is 2.53. The van der Waals surface area contributed by atoms with E-state index in [4.69, 9.17) is 27.9 Å². The van der Waals surface area contributed by atoms with E-state index in [0.717, 1.165) is 16.9 Å². The summed E-state index contributed by atoms with van der Waals surface area (Å²) in [5, 5.41) is 3.87. The molecule has 0 atom stereocenters. The van der Waals surface area contributed by atoms with Crippen molar-refractivity contribution in [3.05, 3.63) is 138 Å². The minimum absolute atomic E-state index is 0.370. The number of anilines is 1. The Balaban J connectivity index is 1.63. The SMILES string of the molecule is O=P(C=C(Cl)c1ccccc1)(C=C(Cl)c1ccccc1)Nc1ccc(Oc2ccccc2)cc1. The van der Waals surface area contributed by atoms with Gasteiger partial charge in [-0.25, -0.2) is 0 Å². The summed E-state index contributed by atoms with van der Waals surface area (Å²) in [5.74, 6) is 4.47. The molecule has 6 heteroatoms. The summed E-state index contributed by atoms with van der Waals surface area (Å²) in [6.45, 7) is 0. The van der Waals surface area contributed by atoms with Crippen molar-refractivity contribution in [1.82, 2.24) is 0 Å². The van der Waals surface area contributed by atoms with Crippen molar-refractivity contribution in [2.24, 2.45) is 0 Å². The summed E-state index contributed by atoms with van der Waals surface area (Å²) in [6.07, 6.45) is 0. The van der Waals surface area contributed by atoms with Gasteiger partial charge in [-0.05, 0) is 47.5 Å². The Morgan fingerprint density at radius 2 is 1.03 bits per heavy atom. The minimum atomic E-state index is -3.34. The molecular formula is C28H22Cl2NO2P. The van der Waals surface area contributed by atoms with Gasteiger partial charge in [0.2, 0.25) is 7.29 Å². The Kier molecular flexibility index (Phi) is 7.92. The van der Waals surface area contributed by atoms with E-state index in [1.165, 1.54) is 11.6 Å². The lowest BCUT2D eigenvalue weighted by Crippen LogP contribution is -1.94. The standard InChI is InChI=1S/C28H22Cl2NO2P/c29-27(22-10-4-1-5-11-22)20-34(32,21-28(30)23-12-6-2-7-13-23)31-24-16-18-26(19-17-24)33-25-14-8-3-9-15-25/h1-21H,(H,31,32). The molecule has 0 spiro atoms. The first-order valence-electron chi connectivity index (χ1n) is 10.6. The van der Waals surface area contributed by atoms with Crippen LogP contribution in [0.15, 0.2) is 127 Å².